The number of esters is 1. The Bertz CT molecular complexity index is 724. The van der Waals surface area contributed by atoms with E-state index in [0.29, 0.717) is 35.4 Å². The van der Waals surface area contributed by atoms with Gasteiger partial charge >= 0.3 is 5.97 Å². The molecule has 0 aromatic heterocycles. The summed E-state index contributed by atoms with van der Waals surface area (Å²) >= 11 is 0. The Morgan fingerprint density at radius 2 is 1.97 bits per heavy atom. The van der Waals surface area contributed by atoms with Gasteiger partial charge in [0.2, 0.25) is 0 Å². The SMILES string of the molecule is CCCCC(C)C1CC2=CC(=O)CC[C@]2(C)C2CC[C@@]3(C)C(CC[C@@H]3OC(C)=O)C12. The number of hydrogen-bond donors (Lipinski definition) is 0. The highest BCUT2D eigenvalue weighted by Gasteiger charge is 2.62. The number of hydrogen-bond acceptors (Lipinski definition) is 3. The van der Waals surface area contributed by atoms with E-state index in [0.717, 1.165) is 32.1 Å². The summed E-state index contributed by atoms with van der Waals surface area (Å²) in [7, 11) is 0. The molecule has 8 atom stereocenters. The van der Waals surface area contributed by atoms with Crippen molar-refractivity contribution in [2.75, 3.05) is 0 Å². The van der Waals surface area contributed by atoms with Crippen LogP contribution in [0.25, 0.3) is 0 Å². The third-order valence-electron chi connectivity index (χ3n) is 10.0. The standard InChI is InChI=1S/C27H42O3/c1-6-7-8-17(2)21-16-19-15-20(29)11-13-26(19,4)23-12-14-27(5)22(25(21)23)9-10-24(27)30-18(3)28/h15,17,21-25H,6-14,16H2,1-5H3/t17?,21?,22?,23?,24-,25?,26-,27-/m0/s1. The maximum Gasteiger partial charge on any atom is 0.302 e. The molecular weight excluding hydrogens is 372 g/mol. The smallest absolute Gasteiger partial charge is 0.302 e. The van der Waals surface area contributed by atoms with Crippen LogP contribution in [0, 0.1) is 40.4 Å². The van der Waals surface area contributed by atoms with Gasteiger partial charge in [-0.3, -0.25) is 9.59 Å². The number of fused-ring (bicyclic) bond motifs is 5. The second kappa shape index (κ2) is 8.10. The zero-order valence-corrected chi connectivity index (χ0v) is 19.8. The Kier molecular flexibility index (Phi) is 5.96. The number of carbonyl (C=O) groups is 2. The molecule has 5 unspecified atom stereocenters. The van der Waals surface area contributed by atoms with Crippen molar-refractivity contribution in [2.24, 2.45) is 40.4 Å². The highest BCUT2D eigenvalue weighted by molar-refractivity contribution is 5.91. The largest absolute Gasteiger partial charge is 0.462 e. The fourth-order valence-corrected chi connectivity index (χ4v) is 8.28. The lowest BCUT2D eigenvalue weighted by Crippen LogP contribution is -2.55. The number of ether oxygens (including phenoxy) is 1. The van der Waals surface area contributed by atoms with Crippen molar-refractivity contribution < 1.29 is 14.3 Å². The Hall–Kier alpha value is -1.12. The van der Waals surface area contributed by atoms with Gasteiger partial charge in [-0.2, -0.15) is 0 Å². The normalized spacial score (nSPS) is 43.8. The first-order chi connectivity index (χ1) is 14.2. The van der Waals surface area contributed by atoms with Gasteiger partial charge in [0, 0.05) is 18.8 Å². The lowest BCUT2D eigenvalue weighted by atomic mass is 9.43. The molecule has 0 aliphatic heterocycles. The second-order valence-electron chi connectivity index (χ2n) is 11.6. The average molecular weight is 415 g/mol. The molecule has 0 aromatic carbocycles. The van der Waals surface area contributed by atoms with Gasteiger partial charge in [-0.15, -0.1) is 0 Å². The van der Waals surface area contributed by atoms with Gasteiger partial charge in [0.1, 0.15) is 6.10 Å². The molecule has 3 heteroatoms. The van der Waals surface area contributed by atoms with Crippen molar-refractivity contribution >= 4 is 11.8 Å². The van der Waals surface area contributed by atoms with Gasteiger partial charge in [-0.25, -0.2) is 0 Å². The first-order valence-electron chi connectivity index (χ1n) is 12.6. The van der Waals surface area contributed by atoms with Crippen molar-refractivity contribution in [3.8, 4) is 0 Å². The number of carbonyl (C=O) groups excluding carboxylic acids is 2. The number of unbranched alkanes of at least 4 members (excludes halogenated alkanes) is 1. The molecular formula is C27H42O3. The topological polar surface area (TPSA) is 43.4 Å². The first-order valence-corrected chi connectivity index (χ1v) is 12.6. The van der Waals surface area contributed by atoms with E-state index in [1.165, 1.54) is 37.7 Å². The molecule has 4 aliphatic carbocycles. The molecule has 3 nitrogen and oxygen atoms in total. The maximum absolute atomic E-state index is 12.3. The maximum atomic E-state index is 12.3. The Morgan fingerprint density at radius 3 is 2.67 bits per heavy atom. The lowest BCUT2D eigenvalue weighted by Gasteiger charge is -2.61. The molecule has 0 bridgehead atoms. The average Bonchev–Trinajstić information content (AvgIpc) is 3.02. The number of rotatable bonds is 5. The molecule has 0 radical (unpaired) electrons. The van der Waals surface area contributed by atoms with Crippen LogP contribution in [0.2, 0.25) is 0 Å². The minimum atomic E-state index is -0.122. The minimum Gasteiger partial charge on any atom is -0.462 e. The van der Waals surface area contributed by atoms with E-state index in [9.17, 15) is 9.59 Å². The Labute approximate surface area is 183 Å². The van der Waals surface area contributed by atoms with E-state index in [1.54, 1.807) is 6.92 Å². The highest BCUT2D eigenvalue weighted by atomic mass is 16.5. The zero-order chi connectivity index (χ0) is 21.7. The predicted octanol–water partition coefficient (Wildman–Crippen LogP) is 6.50. The van der Waals surface area contributed by atoms with Crippen molar-refractivity contribution in [1.82, 2.24) is 0 Å². The van der Waals surface area contributed by atoms with Crippen molar-refractivity contribution in [3.05, 3.63) is 11.6 Å². The Morgan fingerprint density at radius 1 is 1.20 bits per heavy atom. The minimum absolute atomic E-state index is 0.0882. The molecule has 4 aliphatic rings. The summed E-state index contributed by atoms with van der Waals surface area (Å²) < 4.78 is 5.87. The molecule has 3 fully saturated rings. The summed E-state index contributed by atoms with van der Waals surface area (Å²) in [4.78, 5) is 24.1. The summed E-state index contributed by atoms with van der Waals surface area (Å²) in [6, 6.07) is 0. The van der Waals surface area contributed by atoms with Crippen LogP contribution < -0.4 is 0 Å². The molecule has 4 rings (SSSR count). The van der Waals surface area contributed by atoms with E-state index >= 15 is 0 Å². The summed E-state index contributed by atoms with van der Waals surface area (Å²) in [5.41, 5.74) is 1.78. The van der Waals surface area contributed by atoms with Gasteiger partial charge in [0.05, 0.1) is 0 Å². The quantitative estimate of drug-likeness (QED) is 0.482. The molecule has 0 spiro atoms. The van der Waals surface area contributed by atoms with E-state index < -0.39 is 0 Å². The summed E-state index contributed by atoms with van der Waals surface area (Å²) in [5.74, 6) is 3.59. The van der Waals surface area contributed by atoms with Gasteiger partial charge in [0.15, 0.2) is 5.78 Å². The summed E-state index contributed by atoms with van der Waals surface area (Å²) in [6.07, 6.45) is 13.4. The number of allylic oxidation sites excluding steroid dienone is 1. The molecule has 30 heavy (non-hydrogen) atoms. The second-order valence-corrected chi connectivity index (χ2v) is 11.6. The van der Waals surface area contributed by atoms with Crippen LogP contribution in [0.15, 0.2) is 11.6 Å². The molecule has 3 saturated carbocycles. The van der Waals surface area contributed by atoms with Crippen LogP contribution in [-0.4, -0.2) is 17.9 Å². The van der Waals surface area contributed by atoms with Crippen LogP contribution in [0.4, 0.5) is 0 Å². The summed E-state index contributed by atoms with van der Waals surface area (Å²) in [5, 5.41) is 0. The first kappa shape index (κ1) is 22.1. The molecule has 0 saturated heterocycles. The molecule has 0 N–H and O–H groups in total. The van der Waals surface area contributed by atoms with E-state index in [-0.39, 0.29) is 22.9 Å². The monoisotopic (exact) mass is 414 g/mol. The molecule has 0 amide bonds. The van der Waals surface area contributed by atoms with E-state index in [4.69, 9.17) is 4.74 Å². The fourth-order valence-electron chi connectivity index (χ4n) is 8.28. The fraction of sp³-hybridized carbons (Fsp3) is 0.852. The van der Waals surface area contributed by atoms with Gasteiger partial charge < -0.3 is 4.74 Å². The lowest BCUT2D eigenvalue weighted by molar-refractivity contribution is -0.159. The third-order valence-corrected chi connectivity index (χ3v) is 10.0. The molecule has 0 heterocycles. The third kappa shape index (κ3) is 3.48. The predicted molar refractivity (Wildman–Crippen MR) is 120 cm³/mol. The van der Waals surface area contributed by atoms with Gasteiger partial charge in [-0.1, -0.05) is 52.5 Å². The van der Waals surface area contributed by atoms with Crippen LogP contribution in [-0.2, 0) is 14.3 Å². The van der Waals surface area contributed by atoms with Gasteiger partial charge in [-0.05, 0) is 79.6 Å². The zero-order valence-electron chi connectivity index (χ0n) is 19.8. The van der Waals surface area contributed by atoms with Crippen molar-refractivity contribution in [2.45, 2.75) is 105 Å². The van der Waals surface area contributed by atoms with Crippen LogP contribution in [0.3, 0.4) is 0 Å². The van der Waals surface area contributed by atoms with Crippen LogP contribution in [0.5, 0.6) is 0 Å². The van der Waals surface area contributed by atoms with Crippen LogP contribution >= 0.6 is 0 Å². The van der Waals surface area contributed by atoms with E-state index in [2.05, 4.69) is 27.7 Å². The number of ketones is 1. The summed E-state index contributed by atoms with van der Waals surface area (Å²) in [6.45, 7) is 11.2. The van der Waals surface area contributed by atoms with Gasteiger partial charge in [0.25, 0.3) is 0 Å². The highest BCUT2D eigenvalue weighted by Crippen LogP contribution is 2.68. The van der Waals surface area contributed by atoms with Crippen molar-refractivity contribution in [3.63, 3.8) is 0 Å². The molecule has 0 aromatic rings. The van der Waals surface area contributed by atoms with Crippen molar-refractivity contribution in [1.29, 1.82) is 0 Å². The Balaban J connectivity index is 1.70. The van der Waals surface area contributed by atoms with E-state index in [1.807, 2.05) is 6.08 Å². The molecule has 168 valence electrons. The van der Waals surface area contributed by atoms with Crippen LogP contribution in [0.1, 0.15) is 98.8 Å².